The maximum atomic E-state index is 13.4. The lowest BCUT2D eigenvalue weighted by Gasteiger charge is -2.36. The van der Waals surface area contributed by atoms with Gasteiger partial charge in [-0.05, 0) is 56.4 Å². The molecule has 3 atom stereocenters. The zero-order valence-electron chi connectivity index (χ0n) is 21.4. The van der Waals surface area contributed by atoms with Crippen LogP contribution in [0.1, 0.15) is 49.7 Å². The SMILES string of the molecule is C=CC(=O)N1CCCC(NC(=O)[C@@H]2Sc3nccc4c3C2NC(=O)N4c2ccc(CC(C)C)nc2C)C1. The quantitative estimate of drug-likeness (QED) is 0.563. The molecular weight excluding hydrogens is 488 g/mol. The van der Waals surface area contributed by atoms with Crippen molar-refractivity contribution in [2.45, 2.75) is 62.4 Å². The first kappa shape index (κ1) is 25.3. The second-order valence-electron chi connectivity index (χ2n) is 10.2. The number of likely N-dealkylation sites (tertiary alicyclic amines) is 1. The number of piperidine rings is 1. The van der Waals surface area contributed by atoms with Crippen LogP contribution in [0.2, 0.25) is 0 Å². The molecule has 5 rings (SSSR count). The molecule has 37 heavy (non-hydrogen) atoms. The van der Waals surface area contributed by atoms with Crippen molar-refractivity contribution in [3.05, 3.63) is 54.0 Å². The number of urea groups is 1. The van der Waals surface area contributed by atoms with Crippen molar-refractivity contribution in [2.75, 3.05) is 18.0 Å². The summed E-state index contributed by atoms with van der Waals surface area (Å²) in [5.74, 6) is 0.193. The second-order valence-corrected chi connectivity index (χ2v) is 11.3. The number of anilines is 2. The van der Waals surface area contributed by atoms with Crippen LogP contribution in [-0.2, 0) is 16.0 Å². The molecule has 10 heteroatoms. The number of rotatable bonds is 6. The van der Waals surface area contributed by atoms with Gasteiger partial charge in [0.05, 0.1) is 23.1 Å². The second kappa shape index (κ2) is 10.2. The highest BCUT2D eigenvalue weighted by atomic mass is 32.2. The number of thioether (sulfide) groups is 1. The van der Waals surface area contributed by atoms with Gasteiger partial charge in [-0.3, -0.25) is 19.5 Å². The van der Waals surface area contributed by atoms with E-state index >= 15 is 0 Å². The molecule has 0 aromatic carbocycles. The normalized spacial score (nSPS) is 22.5. The van der Waals surface area contributed by atoms with Gasteiger partial charge in [0.15, 0.2) is 0 Å². The van der Waals surface area contributed by atoms with Crippen molar-refractivity contribution in [2.24, 2.45) is 5.92 Å². The van der Waals surface area contributed by atoms with E-state index in [9.17, 15) is 14.4 Å². The predicted octanol–water partition coefficient (Wildman–Crippen LogP) is 3.65. The lowest BCUT2D eigenvalue weighted by Crippen LogP contribution is -2.53. The Morgan fingerprint density at radius 1 is 1.30 bits per heavy atom. The van der Waals surface area contributed by atoms with Gasteiger partial charge in [-0.1, -0.05) is 32.2 Å². The van der Waals surface area contributed by atoms with Crippen molar-refractivity contribution in [3.63, 3.8) is 0 Å². The average molecular weight is 521 g/mol. The van der Waals surface area contributed by atoms with E-state index in [0.717, 1.165) is 46.9 Å². The molecule has 0 spiro atoms. The maximum Gasteiger partial charge on any atom is 0.327 e. The third kappa shape index (κ3) is 4.82. The predicted molar refractivity (Wildman–Crippen MR) is 143 cm³/mol. The fourth-order valence-corrected chi connectivity index (χ4v) is 6.58. The molecule has 0 aliphatic carbocycles. The van der Waals surface area contributed by atoms with Crippen LogP contribution in [0.4, 0.5) is 16.2 Å². The van der Waals surface area contributed by atoms with E-state index in [1.807, 2.05) is 25.1 Å². The summed E-state index contributed by atoms with van der Waals surface area (Å²) in [5.41, 5.74) is 4.06. The van der Waals surface area contributed by atoms with Gasteiger partial charge in [-0.2, -0.15) is 0 Å². The highest BCUT2D eigenvalue weighted by molar-refractivity contribution is 8.01. The smallest absolute Gasteiger partial charge is 0.327 e. The van der Waals surface area contributed by atoms with Crippen LogP contribution in [0, 0.1) is 12.8 Å². The van der Waals surface area contributed by atoms with Gasteiger partial charge in [0, 0.05) is 36.6 Å². The van der Waals surface area contributed by atoms with Gasteiger partial charge < -0.3 is 15.5 Å². The van der Waals surface area contributed by atoms with Crippen molar-refractivity contribution in [1.82, 2.24) is 25.5 Å². The summed E-state index contributed by atoms with van der Waals surface area (Å²) in [6, 6.07) is 4.81. The van der Waals surface area contributed by atoms with Crippen molar-refractivity contribution in [3.8, 4) is 0 Å². The van der Waals surface area contributed by atoms with Gasteiger partial charge in [0.1, 0.15) is 10.3 Å². The molecule has 2 unspecified atom stereocenters. The molecule has 0 saturated carbocycles. The van der Waals surface area contributed by atoms with Crippen LogP contribution in [0.25, 0.3) is 0 Å². The zero-order chi connectivity index (χ0) is 26.3. The topological polar surface area (TPSA) is 108 Å². The van der Waals surface area contributed by atoms with Gasteiger partial charge in [0.2, 0.25) is 11.8 Å². The molecule has 194 valence electrons. The fraction of sp³-hybridized carbons (Fsp3) is 0.444. The molecule has 5 heterocycles. The largest absolute Gasteiger partial charge is 0.351 e. The van der Waals surface area contributed by atoms with E-state index in [2.05, 4.69) is 36.0 Å². The zero-order valence-corrected chi connectivity index (χ0v) is 22.2. The molecule has 4 amide bonds. The summed E-state index contributed by atoms with van der Waals surface area (Å²) < 4.78 is 0. The molecule has 9 nitrogen and oxygen atoms in total. The number of hydrogen-bond acceptors (Lipinski definition) is 6. The van der Waals surface area contributed by atoms with E-state index in [0.29, 0.717) is 24.7 Å². The Morgan fingerprint density at radius 2 is 2.11 bits per heavy atom. The Bertz CT molecular complexity index is 1260. The molecule has 2 N–H and O–H groups in total. The van der Waals surface area contributed by atoms with Crippen LogP contribution >= 0.6 is 11.8 Å². The Hall–Kier alpha value is -3.40. The number of aryl methyl sites for hydroxylation is 1. The van der Waals surface area contributed by atoms with Crippen LogP contribution in [0.3, 0.4) is 0 Å². The minimum atomic E-state index is -0.548. The first-order chi connectivity index (χ1) is 17.8. The van der Waals surface area contributed by atoms with E-state index in [-0.39, 0.29) is 23.9 Å². The average Bonchev–Trinajstić information content (AvgIpc) is 3.24. The fourth-order valence-electron chi connectivity index (χ4n) is 5.35. The van der Waals surface area contributed by atoms with E-state index in [1.165, 1.54) is 17.8 Å². The third-order valence-corrected chi connectivity index (χ3v) is 8.28. The van der Waals surface area contributed by atoms with Gasteiger partial charge in [-0.25, -0.2) is 9.78 Å². The number of nitrogens with one attached hydrogen (secondary N) is 2. The highest BCUT2D eigenvalue weighted by Crippen LogP contribution is 2.50. The molecule has 0 bridgehead atoms. The molecular formula is C27H32N6O3S. The minimum Gasteiger partial charge on any atom is -0.351 e. The van der Waals surface area contributed by atoms with Crippen LogP contribution in [0.5, 0.6) is 0 Å². The molecule has 1 fully saturated rings. The Kier molecular flexibility index (Phi) is 6.94. The number of amides is 4. The third-order valence-electron chi connectivity index (χ3n) is 6.99. The van der Waals surface area contributed by atoms with Crippen LogP contribution < -0.4 is 15.5 Å². The summed E-state index contributed by atoms with van der Waals surface area (Å²) in [5, 5.41) is 6.36. The van der Waals surface area contributed by atoms with Crippen molar-refractivity contribution >= 4 is 41.0 Å². The number of pyridine rings is 2. The molecule has 2 aromatic rings. The maximum absolute atomic E-state index is 13.4. The monoisotopic (exact) mass is 520 g/mol. The number of nitrogens with zero attached hydrogens (tertiary/aromatic N) is 4. The summed E-state index contributed by atoms with van der Waals surface area (Å²) in [6.07, 6.45) is 5.46. The van der Waals surface area contributed by atoms with Gasteiger partial charge in [-0.15, -0.1) is 0 Å². The Labute approximate surface area is 221 Å². The lowest BCUT2D eigenvalue weighted by atomic mass is 9.99. The van der Waals surface area contributed by atoms with E-state index < -0.39 is 11.3 Å². The molecule has 3 aliphatic heterocycles. The van der Waals surface area contributed by atoms with Crippen LogP contribution in [-0.4, -0.2) is 57.1 Å². The Balaban J connectivity index is 1.38. The lowest BCUT2D eigenvalue weighted by molar-refractivity contribution is -0.129. The number of hydrogen-bond donors (Lipinski definition) is 2. The Morgan fingerprint density at radius 3 is 2.84 bits per heavy atom. The summed E-state index contributed by atoms with van der Waals surface area (Å²) in [6.45, 7) is 10.9. The molecule has 3 aliphatic rings. The number of carbonyl (C=O) groups is 3. The standard InChI is InChI=1S/C27H32N6O3S/c1-5-21(34)32-12-6-7-18(14-32)30-25(35)24-23-22-20(10-11-28-26(22)37-24)33(27(36)31-23)19-9-8-17(13-15(2)3)29-16(19)4/h5,8-11,15,18,23-24H,1,6-7,12-14H2,2-4H3,(H,30,35)(H,31,36)/t18?,23?,24-/m1/s1. The summed E-state index contributed by atoms with van der Waals surface area (Å²) in [7, 11) is 0. The number of carbonyl (C=O) groups excluding carboxylic acids is 3. The highest BCUT2D eigenvalue weighted by Gasteiger charge is 2.47. The van der Waals surface area contributed by atoms with Gasteiger partial charge >= 0.3 is 6.03 Å². The van der Waals surface area contributed by atoms with Crippen molar-refractivity contribution in [1.29, 1.82) is 0 Å². The van der Waals surface area contributed by atoms with E-state index in [1.54, 1.807) is 16.0 Å². The summed E-state index contributed by atoms with van der Waals surface area (Å²) >= 11 is 1.37. The molecule has 2 aromatic heterocycles. The van der Waals surface area contributed by atoms with Crippen molar-refractivity contribution < 1.29 is 14.4 Å². The first-order valence-corrected chi connectivity index (χ1v) is 13.6. The van der Waals surface area contributed by atoms with Crippen LogP contribution in [0.15, 0.2) is 42.1 Å². The molecule has 1 saturated heterocycles. The van der Waals surface area contributed by atoms with Gasteiger partial charge in [0.25, 0.3) is 0 Å². The minimum absolute atomic E-state index is 0.128. The summed E-state index contributed by atoms with van der Waals surface area (Å²) in [4.78, 5) is 51.5. The van der Waals surface area contributed by atoms with E-state index in [4.69, 9.17) is 4.98 Å². The molecule has 0 radical (unpaired) electrons. The first-order valence-electron chi connectivity index (χ1n) is 12.7. The number of aromatic nitrogens is 2.